The Balaban J connectivity index is 2.05. The zero-order valence-electron chi connectivity index (χ0n) is 13.3. The van der Waals surface area contributed by atoms with Crippen molar-refractivity contribution in [3.05, 3.63) is 59.8 Å². The summed E-state index contributed by atoms with van der Waals surface area (Å²) in [7, 11) is 0. The number of hydrogen-bond acceptors (Lipinski definition) is 2. The molecule has 0 saturated heterocycles. The monoisotopic (exact) mass is 313 g/mol. The minimum Gasteiger partial charge on any atom is -0.356 e. The van der Waals surface area contributed by atoms with Crippen LogP contribution in [0.15, 0.2) is 48.5 Å². The quantitative estimate of drug-likeness (QED) is 0.799. The summed E-state index contributed by atoms with van der Waals surface area (Å²) in [6, 6.07) is 16.5. The molecule has 1 aromatic carbocycles. The van der Waals surface area contributed by atoms with Crippen molar-refractivity contribution in [3.8, 4) is 0 Å². The number of benzene rings is 1. The number of rotatable bonds is 5. The molecule has 0 bridgehead atoms. The number of aromatic nitrogens is 1. The first kappa shape index (κ1) is 16.4. The number of hydrogen-bond donors (Lipinski definition) is 2. The van der Waals surface area contributed by atoms with Crippen LogP contribution in [-0.2, 0) is 0 Å². The van der Waals surface area contributed by atoms with Crippen LogP contribution in [0.1, 0.15) is 37.6 Å². The summed E-state index contributed by atoms with van der Waals surface area (Å²) in [5, 5.41) is 7.18. The first-order valence-corrected chi connectivity index (χ1v) is 8.01. The van der Waals surface area contributed by atoms with Gasteiger partial charge in [-0.3, -0.25) is 0 Å². The van der Waals surface area contributed by atoms with E-state index in [0.29, 0.717) is 11.0 Å². The van der Waals surface area contributed by atoms with Crippen LogP contribution in [0.4, 0.5) is 5.82 Å². The standard InChI is InChI=1S/C18H23N3S/c1-13(2)12-16(15-9-5-4-6-10-15)20-18(22)21-17-11-7-8-14(3)19-17/h4-11,13,16H,12H2,1-3H3,(H2,19,20,21,22)/t16-/m0/s1. The molecular weight excluding hydrogens is 290 g/mol. The fourth-order valence-corrected chi connectivity index (χ4v) is 2.61. The minimum atomic E-state index is 0.200. The van der Waals surface area contributed by atoms with E-state index in [2.05, 4.69) is 53.7 Å². The van der Waals surface area contributed by atoms with E-state index in [4.69, 9.17) is 12.2 Å². The Morgan fingerprint density at radius 2 is 1.82 bits per heavy atom. The normalized spacial score (nSPS) is 12.0. The zero-order valence-corrected chi connectivity index (χ0v) is 14.2. The van der Waals surface area contributed by atoms with Crippen molar-refractivity contribution in [3.63, 3.8) is 0 Å². The van der Waals surface area contributed by atoms with Gasteiger partial charge in [0.1, 0.15) is 5.82 Å². The molecule has 0 aliphatic rings. The molecule has 2 aromatic rings. The largest absolute Gasteiger partial charge is 0.356 e. The Morgan fingerprint density at radius 3 is 2.45 bits per heavy atom. The van der Waals surface area contributed by atoms with E-state index in [-0.39, 0.29) is 6.04 Å². The lowest BCUT2D eigenvalue weighted by Gasteiger charge is -2.23. The molecule has 3 nitrogen and oxygen atoms in total. The highest BCUT2D eigenvalue weighted by molar-refractivity contribution is 7.80. The van der Waals surface area contributed by atoms with Crippen LogP contribution >= 0.6 is 12.2 Å². The number of thiocarbonyl (C=S) groups is 1. The number of nitrogens with zero attached hydrogens (tertiary/aromatic N) is 1. The van der Waals surface area contributed by atoms with Crippen LogP contribution in [0.2, 0.25) is 0 Å². The predicted octanol–water partition coefficient (Wildman–Crippen LogP) is 4.46. The summed E-state index contributed by atoms with van der Waals surface area (Å²) in [5.74, 6) is 1.35. The van der Waals surface area contributed by atoms with Gasteiger partial charge in [-0.1, -0.05) is 50.2 Å². The van der Waals surface area contributed by atoms with Crippen molar-refractivity contribution < 1.29 is 0 Å². The molecule has 0 radical (unpaired) electrons. The molecule has 0 unspecified atom stereocenters. The zero-order chi connectivity index (χ0) is 15.9. The molecule has 22 heavy (non-hydrogen) atoms. The Morgan fingerprint density at radius 1 is 1.09 bits per heavy atom. The SMILES string of the molecule is Cc1cccc(NC(=S)N[C@@H](CC(C)C)c2ccccc2)n1. The fraction of sp³-hybridized carbons (Fsp3) is 0.333. The second-order valence-electron chi connectivity index (χ2n) is 5.86. The van der Waals surface area contributed by atoms with Gasteiger partial charge in [-0.05, 0) is 49.2 Å². The molecule has 0 fully saturated rings. The molecule has 0 aliphatic heterocycles. The molecule has 0 aliphatic carbocycles. The smallest absolute Gasteiger partial charge is 0.172 e. The molecule has 0 amide bonds. The van der Waals surface area contributed by atoms with Gasteiger partial charge >= 0.3 is 0 Å². The van der Waals surface area contributed by atoms with Gasteiger partial charge in [0.05, 0.1) is 6.04 Å². The summed E-state index contributed by atoms with van der Waals surface area (Å²) >= 11 is 5.45. The first-order valence-electron chi connectivity index (χ1n) is 7.60. The van der Waals surface area contributed by atoms with Gasteiger partial charge in [0.25, 0.3) is 0 Å². The van der Waals surface area contributed by atoms with Crippen LogP contribution in [-0.4, -0.2) is 10.1 Å². The third-order valence-corrected chi connectivity index (χ3v) is 3.56. The molecule has 2 N–H and O–H groups in total. The third-order valence-electron chi connectivity index (χ3n) is 3.34. The lowest BCUT2D eigenvalue weighted by Crippen LogP contribution is -2.33. The van der Waals surface area contributed by atoms with Gasteiger partial charge in [0, 0.05) is 5.69 Å². The Bertz CT molecular complexity index is 611. The average Bonchev–Trinajstić information content (AvgIpc) is 2.47. The van der Waals surface area contributed by atoms with Crippen molar-refractivity contribution in [1.82, 2.24) is 10.3 Å². The molecule has 0 saturated carbocycles. The van der Waals surface area contributed by atoms with Crippen molar-refractivity contribution in [1.29, 1.82) is 0 Å². The summed E-state index contributed by atoms with van der Waals surface area (Å²) in [4.78, 5) is 4.42. The van der Waals surface area contributed by atoms with Gasteiger partial charge in [0.2, 0.25) is 0 Å². The molecule has 116 valence electrons. The van der Waals surface area contributed by atoms with Crippen LogP contribution in [0.5, 0.6) is 0 Å². The predicted molar refractivity (Wildman–Crippen MR) is 97.0 cm³/mol. The van der Waals surface area contributed by atoms with Crippen LogP contribution in [0.3, 0.4) is 0 Å². The third kappa shape index (κ3) is 5.11. The van der Waals surface area contributed by atoms with Gasteiger partial charge < -0.3 is 10.6 Å². The summed E-state index contributed by atoms with van der Waals surface area (Å²) in [5.41, 5.74) is 2.21. The van der Waals surface area contributed by atoms with Crippen LogP contribution < -0.4 is 10.6 Å². The number of anilines is 1. The summed E-state index contributed by atoms with van der Waals surface area (Å²) < 4.78 is 0. The van der Waals surface area contributed by atoms with Gasteiger partial charge in [-0.25, -0.2) is 4.98 Å². The van der Waals surface area contributed by atoms with Crippen LogP contribution in [0, 0.1) is 12.8 Å². The maximum atomic E-state index is 5.45. The van der Waals surface area contributed by atoms with E-state index >= 15 is 0 Å². The Hall–Kier alpha value is -1.94. The lowest BCUT2D eigenvalue weighted by atomic mass is 9.97. The summed E-state index contributed by atoms with van der Waals surface area (Å²) in [6.45, 7) is 6.40. The highest BCUT2D eigenvalue weighted by Crippen LogP contribution is 2.21. The maximum absolute atomic E-state index is 5.45. The highest BCUT2D eigenvalue weighted by Gasteiger charge is 2.14. The highest BCUT2D eigenvalue weighted by atomic mass is 32.1. The minimum absolute atomic E-state index is 0.200. The van der Waals surface area contributed by atoms with Gasteiger partial charge in [-0.2, -0.15) is 0 Å². The van der Waals surface area contributed by atoms with Gasteiger partial charge in [0.15, 0.2) is 5.11 Å². The maximum Gasteiger partial charge on any atom is 0.172 e. The van der Waals surface area contributed by atoms with E-state index in [1.165, 1.54) is 5.56 Å². The topological polar surface area (TPSA) is 37.0 Å². The van der Waals surface area contributed by atoms with Crippen molar-refractivity contribution in [2.75, 3.05) is 5.32 Å². The molecule has 1 aromatic heterocycles. The van der Waals surface area contributed by atoms with E-state index in [0.717, 1.165) is 17.9 Å². The fourth-order valence-electron chi connectivity index (χ4n) is 2.36. The molecule has 4 heteroatoms. The first-order chi connectivity index (χ1) is 10.5. The van der Waals surface area contributed by atoms with E-state index < -0.39 is 0 Å². The Kier molecular flexibility index (Phi) is 5.90. The van der Waals surface area contributed by atoms with Gasteiger partial charge in [-0.15, -0.1) is 0 Å². The number of aryl methyl sites for hydroxylation is 1. The van der Waals surface area contributed by atoms with E-state index in [9.17, 15) is 0 Å². The molecule has 0 spiro atoms. The summed E-state index contributed by atoms with van der Waals surface area (Å²) in [6.07, 6.45) is 1.02. The number of pyridine rings is 1. The Labute approximate surface area is 138 Å². The molecular formula is C18H23N3S. The van der Waals surface area contributed by atoms with Crippen molar-refractivity contribution in [2.24, 2.45) is 5.92 Å². The van der Waals surface area contributed by atoms with E-state index in [1.807, 2.05) is 31.2 Å². The number of nitrogens with one attached hydrogen (secondary N) is 2. The van der Waals surface area contributed by atoms with E-state index in [1.54, 1.807) is 0 Å². The van der Waals surface area contributed by atoms with Crippen molar-refractivity contribution >= 4 is 23.1 Å². The van der Waals surface area contributed by atoms with Crippen molar-refractivity contribution in [2.45, 2.75) is 33.2 Å². The molecule has 1 atom stereocenters. The second kappa shape index (κ2) is 7.90. The molecule has 2 rings (SSSR count). The average molecular weight is 313 g/mol. The molecule has 1 heterocycles. The second-order valence-corrected chi connectivity index (χ2v) is 6.26. The van der Waals surface area contributed by atoms with Crippen LogP contribution in [0.25, 0.3) is 0 Å². The lowest BCUT2D eigenvalue weighted by molar-refractivity contribution is 0.481.